The fraction of sp³-hybridized carbons (Fsp3) is 0.125. The molecule has 0 aliphatic rings. The molecular weight excluding hydrogens is 349 g/mol. The van der Waals surface area contributed by atoms with E-state index in [1.54, 1.807) is 6.07 Å². The van der Waals surface area contributed by atoms with Gasteiger partial charge in [0.2, 0.25) is 0 Å². The van der Waals surface area contributed by atoms with E-state index >= 15 is 0 Å². The highest BCUT2D eigenvalue weighted by Crippen LogP contribution is 2.24. The van der Waals surface area contributed by atoms with Crippen molar-refractivity contribution in [1.82, 2.24) is 5.32 Å². The van der Waals surface area contributed by atoms with Crippen molar-refractivity contribution in [3.63, 3.8) is 0 Å². The Hall–Kier alpha value is -0.300. The van der Waals surface area contributed by atoms with Crippen LogP contribution in [0.2, 0.25) is 0 Å². The van der Waals surface area contributed by atoms with Gasteiger partial charge >= 0.3 is 6.09 Å². The molecule has 0 aliphatic heterocycles. The van der Waals surface area contributed by atoms with Crippen LogP contribution in [0, 0.1) is 3.57 Å². The molecular formula is C8H7BrINO2. The van der Waals surface area contributed by atoms with E-state index in [9.17, 15) is 4.79 Å². The van der Waals surface area contributed by atoms with E-state index in [4.69, 9.17) is 4.74 Å². The summed E-state index contributed by atoms with van der Waals surface area (Å²) in [6.07, 6.45) is -0.458. The third-order valence-corrected chi connectivity index (χ3v) is 2.64. The topological polar surface area (TPSA) is 38.3 Å². The second-order valence-corrected chi connectivity index (χ2v) is 4.29. The maximum absolute atomic E-state index is 10.9. The highest BCUT2D eigenvalue weighted by molar-refractivity contribution is 14.1. The van der Waals surface area contributed by atoms with Gasteiger partial charge in [-0.1, -0.05) is 15.9 Å². The average molecular weight is 356 g/mol. The third-order valence-electron chi connectivity index (χ3n) is 1.30. The third kappa shape index (κ3) is 3.15. The average Bonchev–Trinajstić information content (AvgIpc) is 2.09. The number of nitrogens with one attached hydrogen (secondary N) is 1. The molecule has 0 heterocycles. The predicted molar refractivity (Wildman–Crippen MR) is 61.9 cm³/mol. The standard InChI is InChI=1S/C8H7BrINO2/c1-11-8(12)13-7-3-2-5(9)4-6(7)10/h2-4H,1H3,(H,11,12). The Morgan fingerprint density at radius 3 is 2.85 bits per heavy atom. The number of hydrogen-bond acceptors (Lipinski definition) is 2. The summed E-state index contributed by atoms with van der Waals surface area (Å²) in [5.74, 6) is 0.558. The summed E-state index contributed by atoms with van der Waals surface area (Å²) in [6.45, 7) is 0. The van der Waals surface area contributed by atoms with E-state index in [2.05, 4.69) is 43.8 Å². The lowest BCUT2D eigenvalue weighted by molar-refractivity contribution is 0.202. The van der Waals surface area contributed by atoms with Gasteiger partial charge in [0.05, 0.1) is 3.57 Å². The van der Waals surface area contributed by atoms with E-state index in [1.165, 1.54) is 7.05 Å². The normalized spacial score (nSPS) is 9.46. The fourth-order valence-corrected chi connectivity index (χ4v) is 2.12. The van der Waals surface area contributed by atoms with Gasteiger partial charge in [0, 0.05) is 11.5 Å². The van der Waals surface area contributed by atoms with Gasteiger partial charge < -0.3 is 10.1 Å². The first kappa shape index (κ1) is 10.8. The van der Waals surface area contributed by atoms with Crippen LogP contribution in [0.3, 0.4) is 0 Å². The van der Waals surface area contributed by atoms with Crippen LogP contribution in [-0.2, 0) is 0 Å². The summed E-state index contributed by atoms with van der Waals surface area (Å²) in [5.41, 5.74) is 0. The van der Waals surface area contributed by atoms with Crippen LogP contribution in [0.4, 0.5) is 4.79 Å². The molecule has 0 unspecified atom stereocenters. The molecule has 70 valence electrons. The maximum Gasteiger partial charge on any atom is 0.412 e. The molecule has 1 rings (SSSR count). The highest BCUT2D eigenvalue weighted by atomic mass is 127. The molecule has 13 heavy (non-hydrogen) atoms. The molecule has 0 aliphatic carbocycles. The Labute approximate surface area is 98.1 Å². The predicted octanol–water partition coefficient (Wildman–Crippen LogP) is 2.77. The van der Waals surface area contributed by atoms with Gasteiger partial charge in [-0.2, -0.15) is 0 Å². The Kier molecular flexibility index (Phi) is 3.98. The molecule has 0 spiro atoms. The van der Waals surface area contributed by atoms with E-state index in [1.807, 2.05) is 12.1 Å². The lowest BCUT2D eigenvalue weighted by atomic mass is 10.3. The van der Waals surface area contributed by atoms with Gasteiger partial charge in [0.15, 0.2) is 0 Å². The molecule has 5 heteroatoms. The first-order chi connectivity index (χ1) is 6.13. The van der Waals surface area contributed by atoms with E-state index in [-0.39, 0.29) is 0 Å². The molecule has 0 fully saturated rings. The van der Waals surface area contributed by atoms with Crippen molar-refractivity contribution < 1.29 is 9.53 Å². The molecule has 1 amide bonds. The van der Waals surface area contributed by atoms with Crippen LogP contribution in [0.5, 0.6) is 5.75 Å². The fourth-order valence-electron chi connectivity index (χ4n) is 0.709. The van der Waals surface area contributed by atoms with Crippen molar-refractivity contribution in [3.05, 3.63) is 26.2 Å². The van der Waals surface area contributed by atoms with Crippen LogP contribution in [0.15, 0.2) is 22.7 Å². The summed E-state index contributed by atoms with van der Waals surface area (Å²) in [7, 11) is 1.52. The number of halogens is 2. The molecule has 0 radical (unpaired) electrons. The molecule has 0 aromatic heterocycles. The number of rotatable bonds is 1. The minimum absolute atomic E-state index is 0.458. The van der Waals surface area contributed by atoms with Crippen molar-refractivity contribution in [1.29, 1.82) is 0 Å². The molecule has 1 N–H and O–H groups in total. The van der Waals surface area contributed by atoms with E-state index in [0.717, 1.165) is 8.04 Å². The van der Waals surface area contributed by atoms with Crippen LogP contribution < -0.4 is 10.1 Å². The molecule has 3 nitrogen and oxygen atoms in total. The molecule has 1 aromatic carbocycles. The maximum atomic E-state index is 10.9. The van der Waals surface area contributed by atoms with Gasteiger partial charge in [0.25, 0.3) is 0 Å². The van der Waals surface area contributed by atoms with Gasteiger partial charge in [-0.05, 0) is 40.8 Å². The lowest BCUT2D eigenvalue weighted by Crippen LogP contribution is -2.22. The van der Waals surface area contributed by atoms with Crippen molar-refractivity contribution in [3.8, 4) is 5.75 Å². The molecule has 0 saturated carbocycles. The quantitative estimate of drug-likeness (QED) is 0.787. The van der Waals surface area contributed by atoms with Crippen molar-refractivity contribution in [2.75, 3.05) is 7.05 Å². The number of carbonyl (C=O) groups is 1. The zero-order valence-corrected chi connectivity index (χ0v) is 10.5. The minimum Gasteiger partial charge on any atom is -0.409 e. The SMILES string of the molecule is CNC(=O)Oc1ccc(Br)cc1I. The van der Waals surface area contributed by atoms with Crippen molar-refractivity contribution in [2.24, 2.45) is 0 Å². The van der Waals surface area contributed by atoms with Crippen LogP contribution in [0.1, 0.15) is 0 Å². The summed E-state index contributed by atoms with van der Waals surface area (Å²) in [6, 6.07) is 5.43. The lowest BCUT2D eigenvalue weighted by Gasteiger charge is -2.05. The van der Waals surface area contributed by atoms with Gasteiger partial charge in [-0.3, -0.25) is 0 Å². The second kappa shape index (κ2) is 4.80. The van der Waals surface area contributed by atoms with Crippen LogP contribution in [0.25, 0.3) is 0 Å². The van der Waals surface area contributed by atoms with Gasteiger partial charge in [-0.25, -0.2) is 4.79 Å². The zero-order chi connectivity index (χ0) is 9.84. The van der Waals surface area contributed by atoms with Crippen LogP contribution >= 0.6 is 38.5 Å². The molecule has 0 bridgehead atoms. The number of ether oxygens (including phenoxy) is 1. The number of carbonyl (C=O) groups excluding carboxylic acids is 1. The smallest absolute Gasteiger partial charge is 0.409 e. The number of benzene rings is 1. The van der Waals surface area contributed by atoms with E-state index in [0.29, 0.717) is 5.75 Å². The van der Waals surface area contributed by atoms with E-state index < -0.39 is 6.09 Å². The highest BCUT2D eigenvalue weighted by Gasteiger charge is 2.05. The van der Waals surface area contributed by atoms with Gasteiger partial charge in [-0.15, -0.1) is 0 Å². The monoisotopic (exact) mass is 355 g/mol. The Morgan fingerprint density at radius 1 is 1.62 bits per heavy atom. The summed E-state index contributed by atoms with van der Waals surface area (Å²) >= 11 is 5.42. The molecule has 0 saturated heterocycles. The van der Waals surface area contributed by atoms with Crippen LogP contribution in [-0.4, -0.2) is 13.1 Å². The Morgan fingerprint density at radius 2 is 2.31 bits per heavy atom. The van der Waals surface area contributed by atoms with Crippen molar-refractivity contribution >= 4 is 44.6 Å². The second-order valence-electron chi connectivity index (χ2n) is 2.21. The Balaban J connectivity index is 2.83. The van der Waals surface area contributed by atoms with Crippen molar-refractivity contribution in [2.45, 2.75) is 0 Å². The minimum atomic E-state index is -0.458. The molecule has 0 atom stereocenters. The Bertz CT molecular complexity index is 330. The first-order valence-corrected chi connectivity index (χ1v) is 5.35. The zero-order valence-electron chi connectivity index (χ0n) is 6.80. The molecule has 1 aromatic rings. The largest absolute Gasteiger partial charge is 0.412 e. The summed E-state index contributed by atoms with van der Waals surface area (Å²) in [4.78, 5) is 10.9. The number of amides is 1. The summed E-state index contributed by atoms with van der Waals surface area (Å²) in [5, 5.41) is 2.38. The first-order valence-electron chi connectivity index (χ1n) is 3.48. The van der Waals surface area contributed by atoms with Gasteiger partial charge in [0.1, 0.15) is 5.75 Å². The number of hydrogen-bond donors (Lipinski definition) is 1. The summed E-state index contributed by atoms with van der Waals surface area (Å²) < 4.78 is 6.82.